The molecule has 1 amide bonds. The number of carbonyl (C=O) groups excluding carboxylic acids is 1. The Morgan fingerprint density at radius 1 is 1.27 bits per heavy atom. The molecule has 1 aromatic carbocycles. The third-order valence-electron chi connectivity index (χ3n) is 3.40. The highest BCUT2D eigenvalue weighted by molar-refractivity contribution is 7.92. The molecule has 0 fully saturated rings. The Hall–Kier alpha value is -2.15. The summed E-state index contributed by atoms with van der Waals surface area (Å²) in [6.07, 6.45) is 3.48. The number of rotatable bonds is 5. The quantitative estimate of drug-likeness (QED) is 0.831. The first-order chi connectivity index (χ1) is 10.3. The van der Waals surface area contributed by atoms with Crippen LogP contribution in [0.1, 0.15) is 12.5 Å². The minimum absolute atomic E-state index is 0.160. The van der Waals surface area contributed by atoms with Crippen LogP contribution in [0.2, 0.25) is 0 Å². The first kappa shape index (κ1) is 16.2. The minimum Gasteiger partial charge on any atom is -0.348 e. The Balaban J connectivity index is 2.15. The van der Waals surface area contributed by atoms with Crippen molar-refractivity contribution < 1.29 is 13.2 Å². The molecule has 0 spiro atoms. The molecule has 0 aliphatic carbocycles. The van der Waals surface area contributed by atoms with Crippen molar-refractivity contribution in [1.82, 2.24) is 14.7 Å². The highest BCUT2D eigenvalue weighted by Crippen LogP contribution is 2.15. The second-order valence-corrected chi connectivity index (χ2v) is 7.62. The molecule has 0 aliphatic rings. The van der Waals surface area contributed by atoms with Crippen LogP contribution in [0.25, 0.3) is 5.69 Å². The van der Waals surface area contributed by atoms with Crippen molar-refractivity contribution in [2.75, 3.05) is 14.1 Å². The maximum absolute atomic E-state index is 12.3. The molecule has 6 nitrogen and oxygen atoms in total. The molecule has 0 saturated carbocycles. The van der Waals surface area contributed by atoms with Gasteiger partial charge in [0.1, 0.15) is 5.25 Å². The Kier molecular flexibility index (Phi) is 4.65. The van der Waals surface area contributed by atoms with Crippen LogP contribution in [-0.4, -0.2) is 48.4 Å². The van der Waals surface area contributed by atoms with Crippen molar-refractivity contribution in [3.8, 4) is 5.69 Å². The van der Waals surface area contributed by atoms with Gasteiger partial charge in [-0.05, 0) is 30.7 Å². The van der Waals surface area contributed by atoms with Gasteiger partial charge in [0.2, 0.25) is 5.91 Å². The van der Waals surface area contributed by atoms with Crippen LogP contribution in [0.5, 0.6) is 0 Å². The summed E-state index contributed by atoms with van der Waals surface area (Å²) in [6, 6.07) is 8.89. The lowest BCUT2D eigenvalue weighted by Crippen LogP contribution is -2.37. The fraction of sp³-hybridized carbons (Fsp3) is 0.333. The Bertz CT molecular complexity index is 735. The van der Waals surface area contributed by atoms with Crippen LogP contribution in [0.4, 0.5) is 0 Å². The van der Waals surface area contributed by atoms with Gasteiger partial charge < -0.3 is 4.90 Å². The van der Waals surface area contributed by atoms with Gasteiger partial charge in [-0.15, -0.1) is 0 Å². The van der Waals surface area contributed by atoms with Gasteiger partial charge in [0.25, 0.3) is 0 Å². The summed E-state index contributed by atoms with van der Waals surface area (Å²) in [5.41, 5.74) is 1.50. The Morgan fingerprint density at radius 3 is 2.41 bits per heavy atom. The predicted molar refractivity (Wildman–Crippen MR) is 84.3 cm³/mol. The van der Waals surface area contributed by atoms with E-state index in [2.05, 4.69) is 5.10 Å². The summed E-state index contributed by atoms with van der Waals surface area (Å²) >= 11 is 0. The van der Waals surface area contributed by atoms with E-state index in [9.17, 15) is 13.2 Å². The average molecular weight is 321 g/mol. The number of sulfone groups is 1. The van der Waals surface area contributed by atoms with Gasteiger partial charge in [0, 0.05) is 26.5 Å². The molecule has 1 aromatic heterocycles. The van der Waals surface area contributed by atoms with Crippen molar-refractivity contribution in [2.24, 2.45) is 0 Å². The highest BCUT2D eigenvalue weighted by atomic mass is 32.2. The average Bonchev–Trinajstić information content (AvgIpc) is 3.00. The van der Waals surface area contributed by atoms with Crippen LogP contribution in [0, 0.1) is 0 Å². The fourth-order valence-corrected chi connectivity index (χ4v) is 3.47. The maximum Gasteiger partial charge on any atom is 0.240 e. The molecule has 1 heterocycles. The molecule has 7 heteroatoms. The van der Waals surface area contributed by atoms with E-state index in [0.717, 1.165) is 5.69 Å². The SMILES string of the molecule is C[C@H](C(=O)N(C)C)S(=O)(=O)Cc1ccc(-n2cccn2)cc1. The van der Waals surface area contributed by atoms with Crippen molar-refractivity contribution in [3.63, 3.8) is 0 Å². The molecule has 2 rings (SSSR count). The van der Waals surface area contributed by atoms with Gasteiger partial charge in [-0.3, -0.25) is 4.79 Å². The molecule has 0 unspecified atom stereocenters. The van der Waals surface area contributed by atoms with Gasteiger partial charge in [-0.2, -0.15) is 5.10 Å². The van der Waals surface area contributed by atoms with E-state index in [1.165, 1.54) is 11.8 Å². The summed E-state index contributed by atoms with van der Waals surface area (Å²) in [6.45, 7) is 1.43. The second-order valence-electron chi connectivity index (χ2n) is 5.30. The smallest absolute Gasteiger partial charge is 0.240 e. The number of hydrogen-bond donors (Lipinski definition) is 0. The Morgan fingerprint density at radius 2 is 1.91 bits per heavy atom. The number of benzene rings is 1. The third-order valence-corrected chi connectivity index (χ3v) is 5.42. The molecular formula is C15H19N3O3S. The summed E-state index contributed by atoms with van der Waals surface area (Å²) in [4.78, 5) is 13.1. The maximum atomic E-state index is 12.3. The van der Waals surface area contributed by atoms with E-state index in [-0.39, 0.29) is 5.75 Å². The summed E-state index contributed by atoms with van der Waals surface area (Å²) in [7, 11) is -0.440. The zero-order valence-electron chi connectivity index (χ0n) is 12.8. The van der Waals surface area contributed by atoms with Crippen LogP contribution in [-0.2, 0) is 20.4 Å². The number of nitrogens with zero attached hydrogens (tertiary/aromatic N) is 3. The van der Waals surface area contributed by atoms with Crippen molar-refractivity contribution in [3.05, 3.63) is 48.3 Å². The zero-order chi connectivity index (χ0) is 16.3. The number of aromatic nitrogens is 2. The fourth-order valence-electron chi connectivity index (χ4n) is 2.04. The van der Waals surface area contributed by atoms with Gasteiger partial charge in [0.05, 0.1) is 11.4 Å². The predicted octanol–water partition coefficient (Wildman–Crippen LogP) is 1.26. The molecule has 0 bridgehead atoms. The van der Waals surface area contributed by atoms with Crippen LogP contribution in [0.15, 0.2) is 42.7 Å². The molecule has 1 atom stereocenters. The number of carbonyl (C=O) groups is 1. The van der Waals surface area contributed by atoms with Crippen molar-refractivity contribution in [1.29, 1.82) is 0 Å². The minimum atomic E-state index is -3.54. The summed E-state index contributed by atoms with van der Waals surface area (Å²) in [5.74, 6) is -0.569. The molecule has 0 saturated heterocycles. The van der Waals surface area contributed by atoms with Gasteiger partial charge in [0.15, 0.2) is 9.84 Å². The van der Waals surface area contributed by atoms with Gasteiger partial charge >= 0.3 is 0 Å². The molecule has 22 heavy (non-hydrogen) atoms. The molecule has 0 N–H and O–H groups in total. The lowest BCUT2D eigenvalue weighted by Gasteiger charge is -2.17. The first-order valence-electron chi connectivity index (χ1n) is 6.83. The van der Waals surface area contributed by atoms with E-state index in [1.807, 2.05) is 12.3 Å². The van der Waals surface area contributed by atoms with Crippen molar-refractivity contribution in [2.45, 2.75) is 17.9 Å². The van der Waals surface area contributed by atoms with Gasteiger partial charge in [-0.25, -0.2) is 13.1 Å². The molecule has 2 aromatic rings. The summed E-state index contributed by atoms with van der Waals surface area (Å²) < 4.78 is 26.3. The molecular weight excluding hydrogens is 302 g/mol. The number of hydrogen-bond acceptors (Lipinski definition) is 4. The highest BCUT2D eigenvalue weighted by Gasteiger charge is 2.29. The monoisotopic (exact) mass is 321 g/mol. The molecule has 118 valence electrons. The topological polar surface area (TPSA) is 72.3 Å². The van der Waals surface area contributed by atoms with Gasteiger partial charge in [-0.1, -0.05) is 12.1 Å². The zero-order valence-corrected chi connectivity index (χ0v) is 13.6. The normalized spacial score (nSPS) is 12.9. The van der Waals surface area contributed by atoms with Crippen LogP contribution in [0.3, 0.4) is 0 Å². The van der Waals surface area contributed by atoms with E-state index in [0.29, 0.717) is 5.56 Å². The first-order valence-corrected chi connectivity index (χ1v) is 8.54. The van der Waals surface area contributed by atoms with Crippen molar-refractivity contribution >= 4 is 15.7 Å². The number of amides is 1. The van der Waals surface area contributed by atoms with Crippen LogP contribution < -0.4 is 0 Å². The second kappa shape index (κ2) is 6.31. The third kappa shape index (κ3) is 3.54. The van der Waals surface area contributed by atoms with E-state index >= 15 is 0 Å². The molecule has 0 radical (unpaired) electrons. The lowest BCUT2D eigenvalue weighted by molar-refractivity contribution is -0.127. The lowest BCUT2D eigenvalue weighted by atomic mass is 10.2. The van der Waals surface area contributed by atoms with E-state index in [1.54, 1.807) is 49.2 Å². The van der Waals surface area contributed by atoms with E-state index < -0.39 is 21.0 Å². The standard InChI is InChI=1S/C15H19N3O3S/c1-12(15(19)17(2)3)22(20,21)11-13-5-7-14(8-6-13)18-10-4-9-16-18/h4-10,12H,11H2,1-3H3/t12-/m1/s1. The largest absolute Gasteiger partial charge is 0.348 e. The molecule has 0 aliphatic heterocycles. The van der Waals surface area contributed by atoms with E-state index in [4.69, 9.17) is 0 Å². The van der Waals surface area contributed by atoms with Crippen LogP contribution >= 0.6 is 0 Å². The Labute approximate surface area is 130 Å². The summed E-state index contributed by atoms with van der Waals surface area (Å²) in [5, 5.41) is 3.06.